The molecule has 18 heavy (non-hydrogen) atoms. The molecule has 1 unspecified atom stereocenters. The Kier molecular flexibility index (Phi) is 5.27. The molecule has 0 saturated heterocycles. The third-order valence-corrected chi connectivity index (χ3v) is 3.29. The smallest absolute Gasteiger partial charge is 0.128 e. The number of aryl methyl sites for hydroxylation is 3. The van der Waals surface area contributed by atoms with Crippen molar-refractivity contribution in [2.45, 2.75) is 66.4 Å². The van der Waals surface area contributed by atoms with Gasteiger partial charge in [0.15, 0.2) is 0 Å². The maximum atomic E-state index is 10.0. The van der Waals surface area contributed by atoms with Crippen molar-refractivity contribution in [1.29, 1.82) is 0 Å². The summed E-state index contributed by atoms with van der Waals surface area (Å²) in [5.41, 5.74) is 2.14. The minimum atomic E-state index is -0.285. The molecule has 1 rings (SSSR count). The Morgan fingerprint density at radius 2 is 1.94 bits per heavy atom. The van der Waals surface area contributed by atoms with Gasteiger partial charge in [0.25, 0.3) is 0 Å². The van der Waals surface area contributed by atoms with E-state index in [2.05, 4.69) is 37.7 Å². The standard InChI is InChI=1S/C15H26N2O/c1-6-7-14-16-10-12(11(2)17-14)8-9-13(18)15(3,4)5/h10,13,18H,6-9H2,1-5H3. The molecule has 0 fully saturated rings. The molecule has 0 aliphatic heterocycles. The summed E-state index contributed by atoms with van der Waals surface area (Å²) in [6.45, 7) is 10.3. The molecular weight excluding hydrogens is 224 g/mol. The van der Waals surface area contributed by atoms with Gasteiger partial charge in [-0.15, -0.1) is 0 Å². The average Bonchev–Trinajstić information content (AvgIpc) is 2.26. The van der Waals surface area contributed by atoms with Crippen molar-refractivity contribution < 1.29 is 5.11 Å². The molecule has 1 heterocycles. The summed E-state index contributed by atoms with van der Waals surface area (Å²) < 4.78 is 0. The summed E-state index contributed by atoms with van der Waals surface area (Å²) in [6, 6.07) is 0. The number of aliphatic hydroxyl groups is 1. The molecule has 3 heteroatoms. The second-order valence-corrected chi connectivity index (χ2v) is 6.07. The highest BCUT2D eigenvalue weighted by Gasteiger charge is 2.21. The van der Waals surface area contributed by atoms with Gasteiger partial charge < -0.3 is 5.11 Å². The molecule has 102 valence electrons. The number of hydrogen-bond acceptors (Lipinski definition) is 3. The average molecular weight is 250 g/mol. The van der Waals surface area contributed by atoms with E-state index >= 15 is 0 Å². The van der Waals surface area contributed by atoms with E-state index in [0.717, 1.165) is 42.8 Å². The molecule has 0 bridgehead atoms. The molecular formula is C15H26N2O. The second kappa shape index (κ2) is 6.28. The first-order chi connectivity index (χ1) is 8.34. The zero-order valence-corrected chi connectivity index (χ0v) is 12.3. The van der Waals surface area contributed by atoms with Crippen LogP contribution in [0.25, 0.3) is 0 Å². The number of aliphatic hydroxyl groups excluding tert-OH is 1. The Hall–Kier alpha value is -0.960. The highest BCUT2D eigenvalue weighted by molar-refractivity contribution is 5.16. The fourth-order valence-corrected chi connectivity index (χ4v) is 1.85. The Morgan fingerprint density at radius 1 is 1.28 bits per heavy atom. The first kappa shape index (κ1) is 15.1. The van der Waals surface area contributed by atoms with Crippen LogP contribution in [0.15, 0.2) is 6.20 Å². The van der Waals surface area contributed by atoms with E-state index in [0.29, 0.717) is 0 Å². The van der Waals surface area contributed by atoms with Gasteiger partial charge in [-0.05, 0) is 37.2 Å². The van der Waals surface area contributed by atoms with Gasteiger partial charge in [0.05, 0.1) is 6.10 Å². The van der Waals surface area contributed by atoms with E-state index in [1.54, 1.807) is 0 Å². The van der Waals surface area contributed by atoms with Gasteiger partial charge in [0.2, 0.25) is 0 Å². The summed E-state index contributed by atoms with van der Waals surface area (Å²) in [4.78, 5) is 8.89. The largest absolute Gasteiger partial charge is 0.393 e. The second-order valence-electron chi connectivity index (χ2n) is 6.07. The molecule has 1 atom stereocenters. The summed E-state index contributed by atoms with van der Waals surface area (Å²) in [5, 5.41) is 10.0. The van der Waals surface area contributed by atoms with Crippen molar-refractivity contribution in [3.63, 3.8) is 0 Å². The fraction of sp³-hybridized carbons (Fsp3) is 0.733. The predicted molar refractivity (Wildman–Crippen MR) is 74.5 cm³/mol. The molecule has 0 radical (unpaired) electrons. The van der Waals surface area contributed by atoms with Crippen LogP contribution in [0.1, 0.15) is 57.6 Å². The van der Waals surface area contributed by atoms with Crippen LogP contribution < -0.4 is 0 Å². The zero-order valence-electron chi connectivity index (χ0n) is 12.3. The molecule has 1 aromatic rings. The summed E-state index contributed by atoms with van der Waals surface area (Å²) in [6.07, 6.45) is 5.25. The van der Waals surface area contributed by atoms with E-state index in [-0.39, 0.29) is 11.5 Å². The lowest BCUT2D eigenvalue weighted by molar-refractivity contribution is 0.0559. The van der Waals surface area contributed by atoms with Crippen molar-refractivity contribution in [3.05, 3.63) is 23.3 Å². The lowest BCUT2D eigenvalue weighted by atomic mass is 9.86. The molecule has 3 nitrogen and oxygen atoms in total. The number of nitrogens with zero attached hydrogens (tertiary/aromatic N) is 2. The maximum absolute atomic E-state index is 10.0. The van der Waals surface area contributed by atoms with Crippen LogP contribution in [-0.2, 0) is 12.8 Å². The van der Waals surface area contributed by atoms with Crippen molar-refractivity contribution in [2.75, 3.05) is 0 Å². The van der Waals surface area contributed by atoms with E-state index in [1.807, 2.05) is 13.1 Å². The third-order valence-electron chi connectivity index (χ3n) is 3.29. The van der Waals surface area contributed by atoms with Crippen molar-refractivity contribution >= 4 is 0 Å². The lowest BCUT2D eigenvalue weighted by Gasteiger charge is -2.25. The van der Waals surface area contributed by atoms with Crippen molar-refractivity contribution in [3.8, 4) is 0 Å². The molecule has 0 saturated carbocycles. The van der Waals surface area contributed by atoms with Crippen LogP contribution in [0.5, 0.6) is 0 Å². The molecule has 0 aliphatic rings. The minimum absolute atomic E-state index is 0.0586. The normalized spacial score (nSPS) is 13.7. The predicted octanol–water partition coefficient (Wildman–Crippen LogP) is 3.08. The molecule has 0 amide bonds. The van der Waals surface area contributed by atoms with E-state index in [1.165, 1.54) is 0 Å². The molecule has 1 N–H and O–H groups in total. The SMILES string of the molecule is CCCc1ncc(CCC(O)C(C)(C)C)c(C)n1. The Morgan fingerprint density at radius 3 is 2.44 bits per heavy atom. The Bertz CT molecular complexity index is 383. The van der Waals surface area contributed by atoms with Crippen LogP contribution in [0, 0.1) is 12.3 Å². The molecule has 0 aromatic carbocycles. The minimum Gasteiger partial charge on any atom is -0.393 e. The third kappa shape index (κ3) is 4.37. The number of rotatable bonds is 5. The van der Waals surface area contributed by atoms with Crippen LogP contribution in [0.2, 0.25) is 0 Å². The van der Waals surface area contributed by atoms with Gasteiger partial charge in [0.1, 0.15) is 5.82 Å². The highest BCUT2D eigenvalue weighted by Crippen LogP contribution is 2.23. The molecule has 0 aliphatic carbocycles. The Balaban J connectivity index is 2.63. The Labute approximate surface area is 111 Å². The molecule has 1 aromatic heterocycles. The van der Waals surface area contributed by atoms with E-state index in [4.69, 9.17) is 0 Å². The van der Waals surface area contributed by atoms with Crippen molar-refractivity contribution in [1.82, 2.24) is 9.97 Å². The molecule has 0 spiro atoms. The summed E-state index contributed by atoms with van der Waals surface area (Å²) in [7, 11) is 0. The van der Waals surface area contributed by atoms with Gasteiger partial charge in [-0.2, -0.15) is 0 Å². The van der Waals surface area contributed by atoms with E-state index in [9.17, 15) is 5.11 Å². The quantitative estimate of drug-likeness (QED) is 0.873. The monoisotopic (exact) mass is 250 g/mol. The summed E-state index contributed by atoms with van der Waals surface area (Å²) in [5.74, 6) is 0.926. The van der Waals surface area contributed by atoms with Gasteiger partial charge in [-0.3, -0.25) is 0 Å². The zero-order chi connectivity index (χ0) is 13.8. The topological polar surface area (TPSA) is 46.0 Å². The first-order valence-corrected chi connectivity index (χ1v) is 6.84. The van der Waals surface area contributed by atoms with Gasteiger partial charge in [0, 0.05) is 18.3 Å². The lowest BCUT2D eigenvalue weighted by Crippen LogP contribution is -2.26. The van der Waals surface area contributed by atoms with Crippen LogP contribution in [-0.4, -0.2) is 21.2 Å². The number of aromatic nitrogens is 2. The number of hydrogen-bond donors (Lipinski definition) is 1. The van der Waals surface area contributed by atoms with Crippen LogP contribution in [0.4, 0.5) is 0 Å². The van der Waals surface area contributed by atoms with Gasteiger partial charge >= 0.3 is 0 Å². The van der Waals surface area contributed by atoms with Crippen LogP contribution in [0.3, 0.4) is 0 Å². The van der Waals surface area contributed by atoms with Gasteiger partial charge in [-0.25, -0.2) is 9.97 Å². The summed E-state index contributed by atoms with van der Waals surface area (Å²) >= 11 is 0. The van der Waals surface area contributed by atoms with Crippen molar-refractivity contribution in [2.24, 2.45) is 5.41 Å². The highest BCUT2D eigenvalue weighted by atomic mass is 16.3. The first-order valence-electron chi connectivity index (χ1n) is 6.84. The van der Waals surface area contributed by atoms with Crippen LogP contribution >= 0.6 is 0 Å². The van der Waals surface area contributed by atoms with Gasteiger partial charge in [-0.1, -0.05) is 27.7 Å². The fourth-order valence-electron chi connectivity index (χ4n) is 1.85. The van der Waals surface area contributed by atoms with E-state index < -0.39 is 0 Å². The maximum Gasteiger partial charge on any atom is 0.128 e.